The molecule has 14 heavy (non-hydrogen) atoms. The number of hydrogen-bond acceptors (Lipinski definition) is 2. The second-order valence-electron chi connectivity index (χ2n) is 5.40. The summed E-state index contributed by atoms with van der Waals surface area (Å²) in [5.74, 6) is 0.761. The van der Waals surface area contributed by atoms with Crippen molar-refractivity contribution in [2.24, 2.45) is 5.92 Å². The molecule has 1 aliphatic rings. The molecule has 1 heterocycles. The lowest BCUT2D eigenvalue weighted by atomic mass is 9.91. The topological polar surface area (TPSA) is 15.3 Å². The minimum atomic E-state index is 0.323. The molecule has 1 N–H and O–H groups in total. The van der Waals surface area contributed by atoms with E-state index in [2.05, 4.69) is 44.8 Å². The first kappa shape index (κ1) is 12.0. The van der Waals surface area contributed by atoms with E-state index in [1.165, 1.54) is 13.0 Å². The largest absolute Gasteiger partial charge is 0.314 e. The molecule has 1 atom stereocenters. The highest BCUT2D eigenvalue weighted by Crippen LogP contribution is 2.25. The number of nitrogens with one attached hydrogen (secondary N) is 1. The third-order valence-electron chi connectivity index (χ3n) is 3.45. The number of rotatable bonds is 3. The van der Waals surface area contributed by atoms with Crippen LogP contribution in [0, 0.1) is 5.92 Å². The van der Waals surface area contributed by atoms with Gasteiger partial charge in [0, 0.05) is 31.2 Å². The summed E-state index contributed by atoms with van der Waals surface area (Å²) in [5, 5.41) is 3.48. The van der Waals surface area contributed by atoms with Crippen molar-refractivity contribution in [1.29, 1.82) is 0 Å². The van der Waals surface area contributed by atoms with E-state index in [1.54, 1.807) is 0 Å². The van der Waals surface area contributed by atoms with Crippen molar-refractivity contribution < 1.29 is 0 Å². The summed E-state index contributed by atoms with van der Waals surface area (Å²) < 4.78 is 0. The van der Waals surface area contributed by atoms with Gasteiger partial charge in [0.05, 0.1) is 0 Å². The molecule has 1 fully saturated rings. The SMILES string of the molecule is CCC(C(C)C)N1CCNCC1(C)C. The molecule has 0 amide bonds. The van der Waals surface area contributed by atoms with Crippen LogP contribution in [0.25, 0.3) is 0 Å². The summed E-state index contributed by atoms with van der Waals surface area (Å²) in [6, 6.07) is 0.743. The van der Waals surface area contributed by atoms with Crippen molar-refractivity contribution in [3.63, 3.8) is 0 Å². The van der Waals surface area contributed by atoms with Gasteiger partial charge < -0.3 is 5.32 Å². The van der Waals surface area contributed by atoms with Crippen LogP contribution in [0.4, 0.5) is 0 Å². The molecule has 0 spiro atoms. The predicted octanol–water partition coefficient (Wildman–Crippen LogP) is 2.10. The van der Waals surface area contributed by atoms with Gasteiger partial charge in [-0.25, -0.2) is 0 Å². The molecular formula is C12H26N2. The van der Waals surface area contributed by atoms with Gasteiger partial charge in [-0.05, 0) is 26.2 Å². The summed E-state index contributed by atoms with van der Waals surface area (Å²) in [7, 11) is 0. The molecule has 2 nitrogen and oxygen atoms in total. The minimum absolute atomic E-state index is 0.323. The van der Waals surface area contributed by atoms with Crippen molar-refractivity contribution in [1.82, 2.24) is 10.2 Å². The van der Waals surface area contributed by atoms with E-state index < -0.39 is 0 Å². The quantitative estimate of drug-likeness (QED) is 0.747. The minimum Gasteiger partial charge on any atom is -0.314 e. The Morgan fingerprint density at radius 3 is 2.43 bits per heavy atom. The van der Waals surface area contributed by atoms with E-state index in [0.717, 1.165) is 25.0 Å². The molecule has 0 bridgehead atoms. The summed E-state index contributed by atoms with van der Waals surface area (Å²) in [5.41, 5.74) is 0.323. The van der Waals surface area contributed by atoms with Gasteiger partial charge in [-0.2, -0.15) is 0 Å². The maximum atomic E-state index is 3.48. The molecule has 1 rings (SSSR count). The number of hydrogen-bond donors (Lipinski definition) is 1. The molecule has 0 saturated carbocycles. The first-order valence-electron chi connectivity index (χ1n) is 5.96. The molecule has 1 aliphatic heterocycles. The van der Waals surface area contributed by atoms with Gasteiger partial charge in [0.1, 0.15) is 0 Å². The second kappa shape index (κ2) is 4.63. The van der Waals surface area contributed by atoms with Gasteiger partial charge in [-0.3, -0.25) is 4.90 Å². The Morgan fingerprint density at radius 1 is 1.36 bits per heavy atom. The maximum absolute atomic E-state index is 3.48. The number of piperazine rings is 1. The maximum Gasteiger partial charge on any atom is 0.0281 e. The van der Waals surface area contributed by atoms with E-state index in [-0.39, 0.29) is 0 Å². The lowest BCUT2D eigenvalue weighted by Gasteiger charge is -2.48. The predicted molar refractivity (Wildman–Crippen MR) is 62.6 cm³/mol. The van der Waals surface area contributed by atoms with Gasteiger partial charge in [0.25, 0.3) is 0 Å². The van der Waals surface area contributed by atoms with Crippen LogP contribution < -0.4 is 5.32 Å². The zero-order valence-electron chi connectivity index (χ0n) is 10.4. The van der Waals surface area contributed by atoms with Gasteiger partial charge in [0.2, 0.25) is 0 Å². The number of nitrogens with zero attached hydrogens (tertiary/aromatic N) is 1. The van der Waals surface area contributed by atoms with Crippen LogP contribution in [0.5, 0.6) is 0 Å². The Kier molecular flexibility index (Phi) is 3.96. The second-order valence-corrected chi connectivity index (χ2v) is 5.40. The summed E-state index contributed by atoms with van der Waals surface area (Å²) in [6.45, 7) is 15.2. The third-order valence-corrected chi connectivity index (χ3v) is 3.45. The standard InChI is InChI=1S/C12H26N2/c1-6-11(10(2)3)14-8-7-13-9-12(14,4)5/h10-11,13H,6-9H2,1-5H3. The van der Waals surface area contributed by atoms with Crippen LogP contribution in [0.3, 0.4) is 0 Å². The molecule has 1 unspecified atom stereocenters. The van der Waals surface area contributed by atoms with E-state index in [0.29, 0.717) is 5.54 Å². The Morgan fingerprint density at radius 2 is 2.00 bits per heavy atom. The average Bonchev–Trinajstić information content (AvgIpc) is 2.08. The lowest BCUT2D eigenvalue weighted by molar-refractivity contribution is 0.0230. The normalized spacial score (nSPS) is 25.3. The Bertz CT molecular complexity index is 175. The molecule has 0 aromatic rings. The smallest absolute Gasteiger partial charge is 0.0281 e. The Hall–Kier alpha value is -0.0800. The van der Waals surface area contributed by atoms with Crippen molar-refractivity contribution in [3.8, 4) is 0 Å². The van der Waals surface area contributed by atoms with Gasteiger partial charge >= 0.3 is 0 Å². The van der Waals surface area contributed by atoms with Crippen LogP contribution in [-0.2, 0) is 0 Å². The molecule has 84 valence electrons. The van der Waals surface area contributed by atoms with Gasteiger partial charge in [-0.15, -0.1) is 0 Å². The molecular weight excluding hydrogens is 172 g/mol. The average molecular weight is 198 g/mol. The van der Waals surface area contributed by atoms with Gasteiger partial charge in [-0.1, -0.05) is 20.8 Å². The lowest BCUT2D eigenvalue weighted by Crippen LogP contribution is -2.62. The van der Waals surface area contributed by atoms with Crippen LogP contribution in [0.15, 0.2) is 0 Å². The highest BCUT2D eigenvalue weighted by molar-refractivity contribution is 4.92. The molecule has 0 radical (unpaired) electrons. The van der Waals surface area contributed by atoms with Crippen LogP contribution >= 0.6 is 0 Å². The van der Waals surface area contributed by atoms with E-state index in [4.69, 9.17) is 0 Å². The van der Waals surface area contributed by atoms with Crippen LogP contribution in [-0.4, -0.2) is 36.1 Å². The first-order chi connectivity index (χ1) is 6.49. The van der Waals surface area contributed by atoms with Crippen molar-refractivity contribution in [3.05, 3.63) is 0 Å². The van der Waals surface area contributed by atoms with Crippen molar-refractivity contribution in [2.75, 3.05) is 19.6 Å². The van der Waals surface area contributed by atoms with Gasteiger partial charge in [0.15, 0.2) is 0 Å². The zero-order chi connectivity index (χ0) is 10.8. The molecule has 0 aliphatic carbocycles. The van der Waals surface area contributed by atoms with E-state index in [1.807, 2.05) is 0 Å². The zero-order valence-corrected chi connectivity index (χ0v) is 10.4. The highest BCUT2D eigenvalue weighted by atomic mass is 15.3. The fourth-order valence-electron chi connectivity index (χ4n) is 2.66. The fraction of sp³-hybridized carbons (Fsp3) is 1.00. The molecule has 2 heteroatoms. The highest BCUT2D eigenvalue weighted by Gasteiger charge is 2.34. The van der Waals surface area contributed by atoms with E-state index >= 15 is 0 Å². The van der Waals surface area contributed by atoms with Crippen molar-refractivity contribution in [2.45, 2.75) is 52.6 Å². The van der Waals surface area contributed by atoms with E-state index in [9.17, 15) is 0 Å². The first-order valence-corrected chi connectivity index (χ1v) is 5.96. The Balaban J connectivity index is 2.71. The molecule has 0 aromatic heterocycles. The van der Waals surface area contributed by atoms with Crippen molar-refractivity contribution >= 4 is 0 Å². The molecule has 0 aromatic carbocycles. The van der Waals surface area contributed by atoms with Crippen LogP contribution in [0.2, 0.25) is 0 Å². The van der Waals surface area contributed by atoms with Crippen LogP contribution in [0.1, 0.15) is 41.0 Å². The Labute approximate surface area is 89.1 Å². The third kappa shape index (κ3) is 2.48. The fourth-order valence-corrected chi connectivity index (χ4v) is 2.66. The monoisotopic (exact) mass is 198 g/mol. The summed E-state index contributed by atoms with van der Waals surface area (Å²) in [4.78, 5) is 2.69. The summed E-state index contributed by atoms with van der Waals surface area (Å²) in [6.07, 6.45) is 1.26. The molecule has 1 saturated heterocycles. The summed E-state index contributed by atoms with van der Waals surface area (Å²) >= 11 is 0.